The van der Waals surface area contributed by atoms with E-state index >= 15 is 0 Å². The van der Waals surface area contributed by atoms with Crippen LogP contribution in [0.15, 0.2) is 66.9 Å². The van der Waals surface area contributed by atoms with Crippen molar-refractivity contribution in [2.45, 2.75) is 39.2 Å². The molecule has 0 aliphatic carbocycles. The van der Waals surface area contributed by atoms with E-state index in [1.807, 2.05) is 43.3 Å². The van der Waals surface area contributed by atoms with E-state index in [0.717, 1.165) is 60.6 Å². The number of aromatic nitrogens is 2. The van der Waals surface area contributed by atoms with Crippen LogP contribution in [0.25, 0.3) is 16.5 Å². The van der Waals surface area contributed by atoms with Gasteiger partial charge >= 0.3 is 6.03 Å². The molecule has 1 aromatic heterocycles. The summed E-state index contributed by atoms with van der Waals surface area (Å²) in [5.41, 5.74) is 3.91. The van der Waals surface area contributed by atoms with Gasteiger partial charge in [-0.1, -0.05) is 57.2 Å². The average molecular weight is 585 g/mol. The number of likely N-dealkylation sites (N-methyl/N-ethyl adjacent to an activating group) is 1. The summed E-state index contributed by atoms with van der Waals surface area (Å²) >= 11 is 0. The third-order valence-corrected chi connectivity index (χ3v) is 7.78. The lowest BCUT2D eigenvalue weighted by atomic mass is 9.86. The molecule has 3 aromatic carbocycles. The van der Waals surface area contributed by atoms with Crippen LogP contribution in [0.5, 0.6) is 5.75 Å². The minimum atomic E-state index is -0.343. The van der Waals surface area contributed by atoms with Crippen molar-refractivity contribution < 1.29 is 14.3 Å². The smallest absolute Gasteiger partial charge is 0.324 e. The summed E-state index contributed by atoms with van der Waals surface area (Å²) in [5.74, 6) is 1.39. The molecule has 0 bridgehead atoms. The van der Waals surface area contributed by atoms with Gasteiger partial charge in [0.25, 0.3) is 0 Å². The molecule has 0 spiro atoms. The molecule has 9 heteroatoms. The SMILES string of the molecule is Cc1ccc(C(C)(C)C)cc1-n1nccc1NC(=O)Nc1ccc(OCCN2CCOC(CN(C)C)C2)c2ccccc12. The van der Waals surface area contributed by atoms with Crippen molar-refractivity contribution in [1.29, 1.82) is 0 Å². The number of fused-ring (bicyclic) bond motifs is 1. The standard InChI is InChI=1S/C34H44N6O3/c1-24-11-12-25(34(2,3)4)21-30(24)40-32(15-16-35-40)37-33(41)36-29-13-14-31(28-10-8-7-9-27(28)29)43-20-18-39-17-19-42-26(23-39)22-38(5)6/h7-16,21,26H,17-20,22-23H2,1-6H3,(H2,36,37,41). The Morgan fingerprint density at radius 2 is 1.86 bits per heavy atom. The molecular formula is C34H44N6O3. The van der Waals surface area contributed by atoms with Crippen LogP contribution in [0.3, 0.4) is 0 Å². The fraction of sp³-hybridized carbons (Fsp3) is 0.412. The topological polar surface area (TPSA) is 83.9 Å². The number of carbonyl (C=O) groups is 1. The molecule has 9 nitrogen and oxygen atoms in total. The Balaban J connectivity index is 1.26. The van der Waals surface area contributed by atoms with E-state index in [2.05, 4.69) is 78.6 Å². The van der Waals surface area contributed by atoms with Crippen LogP contribution >= 0.6 is 0 Å². The van der Waals surface area contributed by atoms with E-state index in [1.165, 1.54) is 5.56 Å². The Kier molecular flexibility index (Phi) is 9.34. The van der Waals surface area contributed by atoms with Gasteiger partial charge in [-0.2, -0.15) is 5.10 Å². The largest absolute Gasteiger partial charge is 0.492 e. The Labute approximate surface area is 254 Å². The van der Waals surface area contributed by atoms with Crippen molar-refractivity contribution >= 4 is 28.3 Å². The number of amides is 2. The highest BCUT2D eigenvalue weighted by Gasteiger charge is 2.21. The van der Waals surface area contributed by atoms with Gasteiger partial charge in [-0.3, -0.25) is 10.2 Å². The second kappa shape index (κ2) is 13.2. The molecule has 1 aliphatic rings. The quantitative estimate of drug-likeness (QED) is 0.254. The second-order valence-electron chi connectivity index (χ2n) is 12.5. The number of ether oxygens (including phenoxy) is 2. The van der Waals surface area contributed by atoms with Gasteiger partial charge in [0.2, 0.25) is 0 Å². The molecule has 2 amide bonds. The van der Waals surface area contributed by atoms with Gasteiger partial charge in [0, 0.05) is 43.0 Å². The van der Waals surface area contributed by atoms with Crippen LogP contribution in [0, 0.1) is 6.92 Å². The summed E-state index contributed by atoms with van der Waals surface area (Å²) in [5, 5.41) is 12.4. The van der Waals surface area contributed by atoms with E-state index in [0.29, 0.717) is 18.1 Å². The number of carbonyl (C=O) groups excluding carboxylic acids is 1. The molecule has 5 rings (SSSR count). The molecule has 2 N–H and O–H groups in total. The van der Waals surface area contributed by atoms with Gasteiger partial charge in [-0.05, 0) is 55.8 Å². The van der Waals surface area contributed by atoms with E-state index < -0.39 is 0 Å². The van der Waals surface area contributed by atoms with Gasteiger partial charge in [0.1, 0.15) is 18.2 Å². The number of nitrogens with one attached hydrogen (secondary N) is 2. The number of hydrogen-bond acceptors (Lipinski definition) is 6. The predicted molar refractivity (Wildman–Crippen MR) is 174 cm³/mol. The monoisotopic (exact) mass is 584 g/mol. The average Bonchev–Trinajstić information content (AvgIpc) is 3.41. The molecule has 4 aromatic rings. The van der Waals surface area contributed by atoms with Crippen LogP contribution < -0.4 is 15.4 Å². The normalized spacial score (nSPS) is 16.0. The number of nitrogens with zero attached hydrogens (tertiary/aromatic N) is 4. The summed E-state index contributed by atoms with van der Waals surface area (Å²) in [6.45, 7) is 13.5. The van der Waals surface area contributed by atoms with Crippen molar-refractivity contribution in [1.82, 2.24) is 19.6 Å². The molecule has 1 fully saturated rings. The summed E-state index contributed by atoms with van der Waals surface area (Å²) < 4.78 is 13.9. The first kappa shape index (κ1) is 30.5. The van der Waals surface area contributed by atoms with E-state index in [9.17, 15) is 4.79 Å². The third-order valence-electron chi connectivity index (χ3n) is 7.78. The third kappa shape index (κ3) is 7.54. The number of hydrogen-bond donors (Lipinski definition) is 2. The zero-order valence-electron chi connectivity index (χ0n) is 26.2. The highest BCUT2D eigenvalue weighted by Crippen LogP contribution is 2.32. The van der Waals surface area contributed by atoms with Crippen LogP contribution in [0.4, 0.5) is 16.3 Å². The summed E-state index contributed by atoms with van der Waals surface area (Å²) in [6.07, 6.45) is 1.91. The van der Waals surface area contributed by atoms with Crippen LogP contribution in [-0.4, -0.2) is 85.2 Å². The van der Waals surface area contributed by atoms with Crippen molar-refractivity contribution in [2.75, 3.05) is 64.1 Å². The number of morpholine rings is 1. The fourth-order valence-corrected chi connectivity index (χ4v) is 5.46. The lowest BCUT2D eigenvalue weighted by molar-refractivity contribution is -0.0405. The second-order valence-corrected chi connectivity index (χ2v) is 12.5. The zero-order chi connectivity index (χ0) is 30.6. The minimum absolute atomic E-state index is 0.00495. The Morgan fingerprint density at radius 1 is 1.07 bits per heavy atom. The Bertz CT molecular complexity index is 1560. The number of rotatable bonds is 9. The zero-order valence-corrected chi connectivity index (χ0v) is 26.2. The number of anilines is 2. The summed E-state index contributed by atoms with van der Waals surface area (Å²) in [6, 6.07) is 19.6. The molecule has 2 heterocycles. The Hall–Kier alpha value is -3.92. The summed E-state index contributed by atoms with van der Waals surface area (Å²) in [7, 11) is 4.14. The molecular weight excluding hydrogens is 540 g/mol. The molecule has 1 unspecified atom stereocenters. The van der Waals surface area contributed by atoms with Crippen molar-refractivity contribution in [3.63, 3.8) is 0 Å². The van der Waals surface area contributed by atoms with Crippen LogP contribution in [0.2, 0.25) is 0 Å². The van der Waals surface area contributed by atoms with Gasteiger partial charge in [-0.25, -0.2) is 9.48 Å². The molecule has 1 aliphatic heterocycles. The maximum Gasteiger partial charge on any atom is 0.324 e. The van der Waals surface area contributed by atoms with Crippen molar-refractivity contribution in [3.8, 4) is 11.4 Å². The fourth-order valence-electron chi connectivity index (χ4n) is 5.46. The first-order chi connectivity index (χ1) is 20.6. The van der Waals surface area contributed by atoms with E-state index in [-0.39, 0.29) is 17.6 Å². The van der Waals surface area contributed by atoms with Crippen molar-refractivity contribution in [2.24, 2.45) is 0 Å². The molecule has 43 heavy (non-hydrogen) atoms. The highest BCUT2D eigenvalue weighted by molar-refractivity contribution is 6.07. The van der Waals surface area contributed by atoms with Gasteiger partial charge in [0.15, 0.2) is 0 Å². The molecule has 0 saturated carbocycles. The summed E-state index contributed by atoms with van der Waals surface area (Å²) in [4.78, 5) is 17.8. The Morgan fingerprint density at radius 3 is 2.63 bits per heavy atom. The van der Waals surface area contributed by atoms with E-state index in [4.69, 9.17) is 9.47 Å². The molecule has 228 valence electrons. The number of aryl methyl sites for hydroxylation is 1. The minimum Gasteiger partial charge on any atom is -0.492 e. The number of benzene rings is 3. The van der Waals surface area contributed by atoms with Crippen molar-refractivity contribution in [3.05, 3.63) is 78.0 Å². The highest BCUT2D eigenvalue weighted by atomic mass is 16.5. The number of urea groups is 1. The van der Waals surface area contributed by atoms with Gasteiger partial charge in [-0.15, -0.1) is 0 Å². The first-order valence-electron chi connectivity index (χ1n) is 15.0. The maximum atomic E-state index is 13.2. The van der Waals surface area contributed by atoms with Gasteiger partial charge in [0.05, 0.1) is 30.3 Å². The molecule has 1 atom stereocenters. The van der Waals surface area contributed by atoms with Gasteiger partial charge < -0.3 is 19.7 Å². The lowest BCUT2D eigenvalue weighted by Crippen LogP contribution is -2.47. The van der Waals surface area contributed by atoms with Crippen LogP contribution in [-0.2, 0) is 10.2 Å². The lowest BCUT2D eigenvalue weighted by Gasteiger charge is -2.34. The van der Waals surface area contributed by atoms with E-state index in [1.54, 1.807) is 16.9 Å². The van der Waals surface area contributed by atoms with Crippen LogP contribution in [0.1, 0.15) is 31.9 Å². The first-order valence-corrected chi connectivity index (χ1v) is 15.0. The maximum absolute atomic E-state index is 13.2. The molecule has 1 saturated heterocycles. The molecule has 0 radical (unpaired) electrons. The predicted octanol–water partition coefficient (Wildman–Crippen LogP) is 5.92.